The minimum Gasteiger partial charge on any atom is -0.310 e. The zero-order valence-electron chi connectivity index (χ0n) is 10.5. The fourth-order valence-electron chi connectivity index (χ4n) is 2.55. The number of aryl methyl sites for hydroxylation is 1. The van der Waals surface area contributed by atoms with Gasteiger partial charge in [0, 0.05) is 18.5 Å². The van der Waals surface area contributed by atoms with E-state index in [-0.39, 0.29) is 0 Å². The van der Waals surface area contributed by atoms with Crippen LogP contribution in [0.15, 0.2) is 6.33 Å². The maximum Gasteiger partial charge on any atom is 0.138 e. The standard InChI is InChI=1S/C12H22N4/c1-9(2)6-10(3)15-11-4-5-12-13-8-14-16(12)7-11/h8-11,15H,4-7H2,1-3H3. The molecule has 4 heteroatoms. The molecular formula is C12H22N4. The molecule has 0 saturated heterocycles. The predicted molar refractivity (Wildman–Crippen MR) is 64.2 cm³/mol. The van der Waals surface area contributed by atoms with Gasteiger partial charge in [0.05, 0.1) is 6.54 Å². The van der Waals surface area contributed by atoms with E-state index in [1.54, 1.807) is 6.33 Å². The Morgan fingerprint density at radius 3 is 3.06 bits per heavy atom. The Morgan fingerprint density at radius 2 is 2.31 bits per heavy atom. The zero-order valence-corrected chi connectivity index (χ0v) is 10.5. The minimum atomic E-state index is 0.558. The van der Waals surface area contributed by atoms with Crippen molar-refractivity contribution in [3.8, 4) is 0 Å². The van der Waals surface area contributed by atoms with Crippen LogP contribution >= 0.6 is 0 Å². The van der Waals surface area contributed by atoms with E-state index >= 15 is 0 Å². The molecule has 0 aliphatic carbocycles. The number of nitrogens with zero attached hydrogens (tertiary/aromatic N) is 3. The highest BCUT2D eigenvalue weighted by Crippen LogP contribution is 2.13. The van der Waals surface area contributed by atoms with Crippen LogP contribution in [0.3, 0.4) is 0 Å². The molecule has 0 amide bonds. The quantitative estimate of drug-likeness (QED) is 0.841. The maximum atomic E-state index is 4.24. The van der Waals surface area contributed by atoms with Gasteiger partial charge in [-0.1, -0.05) is 13.8 Å². The molecule has 0 spiro atoms. The highest BCUT2D eigenvalue weighted by Gasteiger charge is 2.20. The van der Waals surface area contributed by atoms with Gasteiger partial charge in [-0.2, -0.15) is 5.10 Å². The number of hydrogen-bond donors (Lipinski definition) is 1. The van der Waals surface area contributed by atoms with Crippen LogP contribution in [-0.4, -0.2) is 26.8 Å². The molecule has 0 saturated carbocycles. The molecule has 0 fully saturated rings. The first-order chi connectivity index (χ1) is 7.65. The van der Waals surface area contributed by atoms with Crippen LogP contribution < -0.4 is 5.32 Å². The molecule has 0 radical (unpaired) electrons. The third-order valence-electron chi connectivity index (χ3n) is 3.15. The average molecular weight is 222 g/mol. The summed E-state index contributed by atoms with van der Waals surface area (Å²) in [6, 6.07) is 1.15. The Hall–Kier alpha value is -0.900. The molecule has 2 atom stereocenters. The van der Waals surface area contributed by atoms with Crippen LogP contribution in [0.1, 0.15) is 39.4 Å². The van der Waals surface area contributed by atoms with Crippen molar-refractivity contribution in [1.82, 2.24) is 20.1 Å². The van der Waals surface area contributed by atoms with E-state index < -0.39 is 0 Å². The fourth-order valence-corrected chi connectivity index (χ4v) is 2.55. The van der Waals surface area contributed by atoms with E-state index in [4.69, 9.17) is 0 Å². The first-order valence-corrected chi connectivity index (χ1v) is 6.28. The van der Waals surface area contributed by atoms with Crippen molar-refractivity contribution in [3.05, 3.63) is 12.2 Å². The second-order valence-electron chi connectivity index (χ2n) is 5.29. The van der Waals surface area contributed by atoms with Crippen LogP contribution in [0.2, 0.25) is 0 Å². The molecule has 0 aromatic carbocycles. The van der Waals surface area contributed by atoms with Gasteiger partial charge in [0.2, 0.25) is 0 Å². The van der Waals surface area contributed by atoms with Crippen LogP contribution in [0.25, 0.3) is 0 Å². The topological polar surface area (TPSA) is 42.7 Å². The highest BCUT2D eigenvalue weighted by molar-refractivity contribution is 4.92. The first-order valence-electron chi connectivity index (χ1n) is 6.28. The summed E-state index contributed by atoms with van der Waals surface area (Å²) >= 11 is 0. The fraction of sp³-hybridized carbons (Fsp3) is 0.833. The third-order valence-corrected chi connectivity index (χ3v) is 3.15. The second-order valence-corrected chi connectivity index (χ2v) is 5.29. The summed E-state index contributed by atoms with van der Waals surface area (Å²) in [5.41, 5.74) is 0. The van der Waals surface area contributed by atoms with Gasteiger partial charge in [-0.05, 0) is 25.7 Å². The molecule has 0 bridgehead atoms. The molecule has 2 heterocycles. The Morgan fingerprint density at radius 1 is 1.50 bits per heavy atom. The zero-order chi connectivity index (χ0) is 11.5. The molecule has 1 N–H and O–H groups in total. The van der Waals surface area contributed by atoms with Gasteiger partial charge in [-0.3, -0.25) is 0 Å². The van der Waals surface area contributed by atoms with Gasteiger partial charge in [-0.25, -0.2) is 9.67 Å². The summed E-state index contributed by atoms with van der Waals surface area (Å²) in [5.74, 6) is 1.89. The molecule has 90 valence electrons. The Balaban J connectivity index is 1.85. The lowest BCUT2D eigenvalue weighted by molar-refractivity contribution is 0.313. The van der Waals surface area contributed by atoms with Crippen molar-refractivity contribution in [1.29, 1.82) is 0 Å². The normalized spacial score (nSPS) is 22.1. The lowest BCUT2D eigenvalue weighted by Crippen LogP contribution is -2.42. The summed E-state index contributed by atoms with van der Waals surface area (Å²) in [5, 5.41) is 7.93. The predicted octanol–water partition coefficient (Wildman–Crippen LogP) is 1.62. The monoisotopic (exact) mass is 222 g/mol. The van der Waals surface area contributed by atoms with Gasteiger partial charge in [0.25, 0.3) is 0 Å². The van der Waals surface area contributed by atoms with Gasteiger partial charge in [0.15, 0.2) is 0 Å². The van der Waals surface area contributed by atoms with Crippen LogP contribution in [0.5, 0.6) is 0 Å². The molecule has 2 rings (SSSR count). The highest BCUT2D eigenvalue weighted by atomic mass is 15.3. The SMILES string of the molecule is CC(C)CC(C)NC1CCc2ncnn2C1. The molecule has 1 aromatic heterocycles. The second kappa shape index (κ2) is 4.95. The minimum absolute atomic E-state index is 0.558. The van der Waals surface area contributed by atoms with Crippen LogP contribution in [0, 0.1) is 5.92 Å². The summed E-state index contributed by atoms with van der Waals surface area (Å²) < 4.78 is 2.03. The van der Waals surface area contributed by atoms with E-state index in [9.17, 15) is 0 Å². The molecule has 1 aliphatic rings. The van der Waals surface area contributed by atoms with Crippen molar-refractivity contribution in [2.75, 3.05) is 0 Å². The Bertz CT molecular complexity index is 332. The number of nitrogens with one attached hydrogen (secondary N) is 1. The van der Waals surface area contributed by atoms with Crippen molar-refractivity contribution < 1.29 is 0 Å². The number of fused-ring (bicyclic) bond motifs is 1. The lowest BCUT2D eigenvalue weighted by Gasteiger charge is -2.27. The summed E-state index contributed by atoms with van der Waals surface area (Å²) in [6.07, 6.45) is 5.13. The molecule has 1 aromatic rings. The van der Waals surface area contributed by atoms with Crippen molar-refractivity contribution in [2.45, 2.75) is 58.7 Å². The number of aromatic nitrogens is 3. The lowest BCUT2D eigenvalue weighted by atomic mass is 10.0. The Labute approximate surface area is 97.5 Å². The Kier molecular flexibility index (Phi) is 3.59. The summed E-state index contributed by atoms with van der Waals surface area (Å²) in [7, 11) is 0. The van der Waals surface area contributed by atoms with E-state index in [1.165, 1.54) is 12.8 Å². The largest absolute Gasteiger partial charge is 0.310 e. The van der Waals surface area contributed by atoms with Crippen molar-refractivity contribution in [2.24, 2.45) is 5.92 Å². The van der Waals surface area contributed by atoms with Gasteiger partial charge >= 0.3 is 0 Å². The van der Waals surface area contributed by atoms with E-state index in [0.29, 0.717) is 12.1 Å². The summed E-state index contributed by atoms with van der Waals surface area (Å²) in [4.78, 5) is 4.24. The van der Waals surface area contributed by atoms with Crippen LogP contribution in [-0.2, 0) is 13.0 Å². The molecule has 16 heavy (non-hydrogen) atoms. The van der Waals surface area contributed by atoms with Gasteiger partial charge < -0.3 is 5.32 Å². The van der Waals surface area contributed by atoms with Crippen molar-refractivity contribution in [3.63, 3.8) is 0 Å². The van der Waals surface area contributed by atoms with Gasteiger partial charge in [-0.15, -0.1) is 0 Å². The van der Waals surface area contributed by atoms with Crippen LogP contribution in [0.4, 0.5) is 0 Å². The summed E-state index contributed by atoms with van der Waals surface area (Å²) in [6.45, 7) is 7.79. The van der Waals surface area contributed by atoms with E-state index in [0.717, 1.165) is 24.7 Å². The maximum absolute atomic E-state index is 4.24. The van der Waals surface area contributed by atoms with E-state index in [1.807, 2.05) is 4.68 Å². The molecule has 4 nitrogen and oxygen atoms in total. The van der Waals surface area contributed by atoms with Crippen molar-refractivity contribution >= 4 is 0 Å². The third kappa shape index (κ3) is 2.82. The average Bonchev–Trinajstić information content (AvgIpc) is 2.63. The van der Waals surface area contributed by atoms with E-state index in [2.05, 4.69) is 36.2 Å². The first kappa shape index (κ1) is 11.6. The smallest absolute Gasteiger partial charge is 0.138 e. The van der Waals surface area contributed by atoms with Gasteiger partial charge in [0.1, 0.15) is 12.2 Å². The molecule has 1 aliphatic heterocycles. The molecular weight excluding hydrogens is 200 g/mol. The number of rotatable bonds is 4. The molecule has 2 unspecified atom stereocenters. The number of hydrogen-bond acceptors (Lipinski definition) is 3.